The fraction of sp³-hybridized carbons (Fsp3) is 0.200. The summed E-state index contributed by atoms with van der Waals surface area (Å²) in [7, 11) is -1.12. The highest BCUT2D eigenvalue weighted by Gasteiger charge is 2.36. The zero-order chi connectivity index (χ0) is 21.0. The van der Waals surface area contributed by atoms with E-state index in [1.165, 1.54) is 4.90 Å². The summed E-state index contributed by atoms with van der Waals surface area (Å²) in [5, 5.41) is 12.4. The third-order valence-corrected chi connectivity index (χ3v) is 7.33. The highest BCUT2D eigenvalue weighted by atomic mass is 32.2. The molecule has 0 saturated heterocycles. The maximum absolute atomic E-state index is 11.7. The zero-order valence-corrected chi connectivity index (χ0v) is 17.6. The van der Waals surface area contributed by atoms with Gasteiger partial charge in [0.1, 0.15) is 10.9 Å². The molecule has 29 heavy (non-hydrogen) atoms. The van der Waals surface area contributed by atoms with Crippen molar-refractivity contribution in [3.63, 3.8) is 0 Å². The van der Waals surface area contributed by atoms with Gasteiger partial charge in [-0.1, -0.05) is 36.0 Å². The second-order valence-corrected chi connectivity index (χ2v) is 8.91. The number of carbonyl (C=O) groups excluding carboxylic acids is 1. The third kappa shape index (κ3) is 4.39. The molecule has 0 radical (unpaired) electrons. The third-order valence-electron chi connectivity index (χ3n) is 4.62. The van der Waals surface area contributed by atoms with Crippen LogP contribution < -0.4 is 10.2 Å². The SMILES string of the molecule is Cc1ccccc1CN(C1=C(NC=O)N(C)C([SH](=O)=O)S1)c1ccc(C#N)cc1. The topological polar surface area (TPSA) is 93.5 Å². The number of benzene rings is 2. The molecular weight excluding hydrogens is 408 g/mol. The van der Waals surface area contributed by atoms with Crippen molar-refractivity contribution in [2.45, 2.75) is 18.2 Å². The van der Waals surface area contributed by atoms with Crippen molar-refractivity contribution in [1.29, 1.82) is 5.26 Å². The van der Waals surface area contributed by atoms with Gasteiger partial charge in [0.25, 0.3) is 0 Å². The minimum Gasteiger partial charge on any atom is -0.334 e. The number of thioether (sulfide) groups is 1. The fourth-order valence-corrected chi connectivity index (χ4v) is 5.16. The van der Waals surface area contributed by atoms with Crippen LogP contribution in [0, 0.1) is 18.3 Å². The van der Waals surface area contributed by atoms with Gasteiger partial charge < -0.3 is 15.1 Å². The molecule has 7 nitrogen and oxygen atoms in total. The summed E-state index contributed by atoms with van der Waals surface area (Å²) >= 11 is 1.16. The van der Waals surface area contributed by atoms with Gasteiger partial charge in [0.15, 0.2) is 15.4 Å². The lowest BCUT2D eigenvalue weighted by atomic mass is 10.1. The van der Waals surface area contributed by atoms with Crippen LogP contribution in [-0.4, -0.2) is 31.5 Å². The molecule has 1 aliphatic heterocycles. The lowest BCUT2D eigenvalue weighted by molar-refractivity contribution is -0.109. The number of rotatable bonds is 7. The van der Waals surface area contributed by atoms with Crippen molar-refractivity contribution in [3.05, 3.63) is 76.1 Å². The molecule has 1 aliphatic rings. The summed E-state index contributed by atoms with van der Waals surface area (Å²) in [4.78, 5) is 14.7. The molecule has 1 amide bonds. The summed E-state index contributed by atoms with van der Waals surface area (Å²) in [5.41, 5.74) is 3.48. The highest BCUT2D eigenvalue weighted by Crippen LogP contribution is 2.41. The van der Waals surface area contributed by atoms with E-state index < -0.39 is 15.4 Å². The van der Waals surface area contributed by atoms with E-state index in [-0.39, 0.29) is 0 Å². The Morgan fingerprint density at radius 1 is 1.24 bits per heavy atom. The van der Waals surface area contributed by atoms with Gasteiger partial charge in [-0.3, -0.25) is 4.79 Å². The summed E-state index contributed by atoms with van der Waals surface area (Å²) in [6, 6.07) is 17.1. The van der Waals surface area contributed by atoms with E-state index in [1.807, 2.05) is 48.2 Å². The van der Waals surface area contributed by atoms with E-state index in [2.05, 4.69) is 11.4 Å². The van der Waals surface area contributed by atoms with Crippen LogP contribution in [0.2, 0.25) is 0 Å². The fourth-order valence-electron chi connectivity index (χ4n) is 3.05. The number of nitrogens with zero attached hydrogens (tertiary/aromatic N) is 3. The van der Waals surface area contributed by atoms with Crippen LogP contribution in [-0.2, 0) is 22.0 Å². The van der Waals surface area contributed by atoms with E-state index in [9.17, 15) is 13.2 Å². The van der Waals surface area contributed by atoms with Gasteiger partial charge in [-0.2, -0.15) is 5.26 Å². The molecular formula is C20H20N4O3S2. The Hall–Kier alpha value is -2.96. The molecule has 1 atom stereocenters. The number of hydrogen-bond acceptors (Lipinski definition) is 7. The van der Waals surface area contributed by atoms with Crippen molar-refractivity contribution in [3.8, 4) is 6.07 Å². The molecule has 0 fully saturated rings. The standard InChI is InChI=1S/C20H20N4O3S2/c1-14-5-3-4-6-16(14)12-24(17-9-7-15(11-21)8-10-17)19-18(22-13-25)23(2)20(28-19)29(26)27/h3-10,13,20,29H,12H2,1-2H3,(H,22,25). The molecule has 0 spiro atoms. The molecule has 1 heterocycles. The van der Waals surface area contributed by atoms with E-state index in [0.29, 0.717) is 29.4 Å². The molecule has 2 aromatic carbocycles. The van der Waals surface area contributed by atoms with E-state index >= 15 is 0 Å². The quantitative estimate of drug-likeness (QED) is 0.516. The maximum Gasteiger partial charge on any atom is 0.212 e. The summed E-state index contributed by atoms with van der Waals surface area (Å²) in [6.45, 7) is 2.48. The van der Waals surface area contributed by atoms with Crippen molar-refractivity contribution < 1.29 is 13.2 Å². The second kappa shape index (κ2) is 9.03. The summed E-state index contributed by atoms with van der Waals surface area (Å²) in [5.74, 6) is 0.423. The van der Waals surface area contributed by atoms with Crippen LogP contribution in [0.3, 0.4) is 0 Å². The monoisotopic (exact) mass is 428 g/mol. The minimum atomic E-state index is -2.75. The summed E-state index contributed by atoms with van der Waals surface area (Å²) < 4.78 is 22.7. The first-order valence-electron chi connectivity index (χ1n) is 8.76. The Kier molecular flexibility index (Phi) is 6.46. The lowest BCUT2D eigenvalue weighted by Gasteiger charge is -2.27. The smallest absolute Gasteiger partial charge is 0.212 e. The van der Waals surface area contributed by atoms with Crippen molar-refractivity contribution >= 4 is 34.6 Å². The van der Waals surface area contributed by atoms with Gasteiger partial charge in [-0.05, 0) is 42.3 Å². The number of thiol groups is 1. The first-order valence-corrected chi connectivity index (χ1v) is 10.9. The van der Waals surface area contributed by atoms with Gasteiger partial charge in [0, 0.05) is 19.3 Å². The largest absolute Gasteiger partial charge is 0.334 e. The maximum atomic E-state index is 11.7. The van der Waals surface area contributed by atoms with Crippen LogP contribution in [0.1, 0.15) is 16.7 Å². The van der Waals surface area contributed by atoms with E-state index in [4.69, 9.17) is 5.26 Å². The number of nitriles is 1. The minimum absolute atomic E-state index is 0.423. The normalized spacial score (nSPS) is 16.1. The average molecular weight is 429 g/mol. The lowest BCUT2D eigenvalue weighted by Crippen LogP contribution is -2.32. The number of hydrogen-bond donors (Lipinski definition) is 2. The van der Waals surface area contributed by atoms with Crippen molar-refractivity contribution in [1.82, 2.24) is 10.2 Å². The van der Waals surface area contributed by atoms with Crippen molar-refractivity contribution in [2.75, 3.05) is 11.9 Å². The van der Waals surface area contributed by atoms with Crippen LogP contribution in [0.15, 0.2) is 59.4 Å². The molecule has 150 valence electrons. The number of carbonyl (C=O) groups is 1. The van der Waals surface area contributed by atoms with Crippen molar-refractivity contribution in [2.24, 2.45) is 0 Å². The predicted molar refractivity (Wildman–Crippen MR) is 114 cm³/mol. The summed E-state index contributed by atoms with van der Waals surface area (Å²) in [6.07, 6.45) is 0.539. The van der Waals surface area contributed by atoms with Gasteiger partial charge in [-0.25, -0.2) is 8.42 Å². The molecule has 2 aromatic rings. The number of anilines is 1. The van der Waals surface area contributed by atoms with E-state index in [1.54, 1.807) is 19.2 Å². The Morgan fingerprint density at radius 2 is 1.93 bits per heavy atom. The van der Waals surface area contributed by atoms with E-state index in [0.717, 1.165) is 28.6 Å². The Morgan fingerprint density at radius 3 is 2.52 bits per heavy atom. The number of amides is 1. The second-order valence-electron chi connectivity index (χ2n) is 6.43. The zero-order valence-electron chi connectivity index (χ0n) is 15.9. The number of nitrogens with one attached hydrogen (secondary N) is 1. The predicted octanol–water partition coefficient (Wildman–Crippen LogP) is 2.32. The Bertz CT molecular complexity index is 1050. The molecule has 0 saturated carbocycles. The van der Waals surface area contributed by atoms with Crippen LogP contribution >= 0.6 is 11.8 Å². The molecule has 0 aromatic heterocycles. The first-order chi connectivity index (χ1) is 14.0. The molecule has 1 N–H and O–H groups in total. The molecule has 3 rings (SSSR count). The number of aryl methyl sites for hydroxylation is 1. The molecule has 0 aliphatic carbocycles. The Balaban J connectivity index is 2.11. The Labute approximate surface area is 175 Å². The molecule has 9 heteroatoms. The van der Waals surface area contributed by atoms with Gasteiger partial charge in [-0.15, -0.1) is 0 Å². The van der Waals surface area contributed by atoms with Gasteiger partial charge >= 0.3 is 0 Å². The first kappa shape index (κ1) is 20.8. The van der Waals surface area contributed by atoms with Gasteiger partial charge in [0.2, 0.25) is 6.41 Å². The highest BCUT2D eigenvalue weighted by molar-refractivity contribution is 8.11. The van der Waals surface area contributed by atoms with Crippen LogP contribution in [0.25, 0.3) is 0 Å². The van der Waals surface area contributed by atoms with Gasteiger partial charge in [0.05, 0.1) is 11.6 Å². The molecule has 1 unspecified atom stereocenters. The van der Waals surface area contributed by atoms with Crippen LogP contribution in [0.5, 0.6) is 0 Å². The molecule has 0 bridgehead atoms. The van der Waals surface area contributed by atoms with Crippen LogP contribution in [0.4, 0.5) is 5.69 Å². The average Bonchev–Trinajstić information content (AvgIpc) is 3.04.